The Bertz CT molecular complexity index is 453. The van der Waals surface area contributed by atoms with Crippen molar-refractivity contribution in [3.8, 4) is 0 Å². The quantitative estimate of drug-likeness (QED) is 0.222. The van der Waals surface area contributed by atoms with Crippen LogP contribution in [0.25, 0.3) is 0 Å². The summed E-state index contributed by atoms with van der Waals surface area (Å²) in [6.45, 7) is 7.15. The van der Waals surface area contributed by atoms with Gasteiger partial charge in [-0.25, -0.2) is 19.2 Å². The van der Waals surface area contributed by atoms with Gasteiger partial charge in [0.1, 0.15) is 0 Å². The maximum Gasteiger partial charge on any atom is 0.347 e. The van der Waals surface area contributed by atoms with Gasteiger partial charge in [-0.15, -0.1) is 0 Å². The third-order valence-electron chi connectivity index (χ3n) is 3.09. The first-order valence-electron chi connectivity index (χ1n) is 8.74. The van der Waals surface area contributed by atoms with Gasteiger partial charge >= 0.3 is 23.9 Å². The third kappa shape index (κ3) is 11.2. The minimum atomic E-state index is -1.09. The predicted molar refractivity (Wildman–Crippen MR) is 92.0 cm³/mol. The lowest BCUT2D eigenvalue weighted by Crippen LogP contribution is -2.27. The number of esters is 4. The lowest BCUT2D eigenvalue weighted by molar-refractivity contribution is -0.164. The van der Waals surface area contributed by atoms with E-state index in [0.717, 1.165) is 37.8 Å². The van der Waals surface area contributed by atoms with Crippen molar-refractivity contribution in [2.45, 2.75) is 65.6 Å². The molecule has 26 heavy (non-hydrogen) atoms. The number of ether oxygens (including phenoxy) is 4. The lowest BCUT2D eigenvalue weighted by atomic mass is 10.3. The molecule has 0 aliphatic carbocycles. The van der Waals surface area contributed by atoms with E-state index in [0.29, 0.717) is 0 Å². The van der Waals surface area contributed by atoms with Crippen LogP contribution in [0.3, 0.4) is 0 Å². The zero-order valence-corrected chi connectivity index (χ0v) is 15.8. The van der Waals surface area contributed by atoms with E-state index in [-0.39, 0.29) is 13.2 Å². The summed E-state index contributed by atoms with van der Waals surface area (Å²) in [7, 11) is 0. The molecule has 2 unspecified atom stereocenters. The van der Waals surface area contributed by atoms with Crippen molar-refractivity contribution in [1.82, 2.24) is 0 Å². The summed E-state index contributed by atoms with van der Waals surface area (Å²) in [6.07, 6.45) is 2.63. The summed E-state index contributed by atoms with van der Waals surface area (Å²) < 4.78 is 19.4. The molecular formula is C18H28O8. The molecule has 8 nitrogen and oxygen atoms in total. The first-order chi connectivity index (χ1) is 12.3. The van der Waals surface area contributed by atoms with Gasteiger partial charge in [-0.3, -0.25) is 0 Å². The van der Waals surface area contributed by atoms with Crippen LogP contribution in [-0.4, -0.2) is 49.3 Å². The van der Waals surface area contributed by atoms with Crippen molar-refractivity contribution in [2.24, 2.45) is 0 Å². The summed E-state index contributed by atoms with van der Waals surface area (Å²) in [6, 6.07) is 0. The molecule has 0 amide bonds. The fourth-order valence-corrected chi connectivity index (χ4v) is 1.53. The smallest absolute Gasteiger partial charge is 0.347 e. The van der Waals surface area contributed by atoms with Gasteiger partial charge in [0.05, 0.1) is 13.2 Å². The van der Waals surface area contributed by atoms with Crippen molar-refractivity contribution < 1.29 is 38.1 Å². The Hall–Kier alpha value is -2.38. The first kappa shape index (κ1) is 23.6. The Morgan fingerprint density at radius 3 is 1.38 bits per heavy atom. The van der Waals surface area contributed by atoms with Crippen LogP contribution in [0.5, 0.6) is 0 Å². The highest BCUT2D eigenvalue weighted by Crippen LogP contribution is 2.01. The standard InChI is InChI=1S/C18H28O8/c1-5-7-11-23-17(21)13(3)25-15(19)9-10-16(20)26-14(4)18(22)24-12-8-6-2/h9-10,13-14H,5-8,11-12H2,1-4H3/b10-9-. The average molecular weight is 372 g/mol. The molecule has 0 N–H and O–H groups in total. The third-order valence-corrected chi connectivity index (χ3v) is 3.09. The summed E-state index contributed by atoms with van der Waals surface area (Å²) >= 11 is 0. The minimum Gasteiger partial charge on any atom is -0.463 e. The van der Waals surface area contributed by atoms with Crippen LogP contribution in [0, 0.1) is 0 Å². The van der Waals surface area contributed by atoms with E-state index in [1.807, 2.05) is 13.8 Å². The van der Waals surface area contributed by atoms with Gasteiger partial charge < -0.3 is 18.9 Å². The molecule has 0 heterocycles. The molecule has 0 bridgehead atoms. The van der Waals surface area contributed by atoms with Crippen molar-refractivity contribution >= 4 is 23.9 Å². The van der Waals surface area contributed by atoms with E-state index in [9.17, 15) is 19.2 Å². The molecule has 0 spiro atoms. The van der Waals surface area contributed by atoms with E-state index < -0.39 is 36.1 Å². The monoisotopic (exact) mass is 372 g/mol. The van der Waals surface area contributed by atoms with Crippen LogP contribution in [-0.2, 0) is 38.1 Å². The molecule has 8 heteroatoms. The van der Waals surface area contributed by atoms with Gasteiger partial charge in [-0.2, -0.15) is 0 Å². The number of hydrogen-bond donors (Lipinski definition) is 0. The highest BCUT2D eigenvalue weighted by Gasteiger charge is 2.20. The van der Waals surface area contributed by atoms with E-state index >= 15 is 0 Å². The molecule has 0 fully saturated rings. The van der Waals surface area contributed by atoms with E-state index in [1.54, 1.807) is 0 Å². The average Bonchev–Trinajstić information content (AvgIpc) is 2.60. The summed E-state index contributed by atoms with van der Waals surface area (Å²) in [4.78, 5) is 46.2. The van der Waals surface area contributed by atoms with E-state index in [2.05, 4.69) is 0 Å². The van der Waals surface area contributed by atoms with Crippen LogP contribution >= 0.6 is 0 Å². The Morgan fingerprint density at radius 1 is 0.731 bits per heavy atom. The lowest BCUT2D eigenvalue weighted by Gasteiger charge is -2.12. The summed E-state index contributed by atoms with van der Waals surface area (Å²) in [5, 5.41) is 0. The van der Waals surface area contributed by atoms with E-state index in [1.165, 1.54) is 13.8 Å². The van der Waals surface area contributed by atoms with Gasteiger partial charge in [0.15, 0.2) is 12.2 Å². The molecule has 0 saturated heterocycles. The summed E-state index contributed by atoms with van der Waals surface area (Å²) in [5.41, 5.74) is 0. The Labute approximate surface area is 153 Å². The Morgan fingerprint density at radius 2 is 1.08 bits per heavy atom. The molecule has 0 aromatic carbocycles. The molecule has 0 saturated carbocycles. The van der Waals surface area contributed by atoms with Gasteiger partial charge in [-0.05, 0) is 26.7 Å². The molecule has 0 aromatic heterocycles. The second kappa shape index (κ2) is 13.9. The van der Waals surface area contributed by atoms with Crippen LogP contribution in [0.1, 0.15) is 53.4 Å². The SMILES string of the molecule is CCCCOC(=O)C(C)OC(=O)/C=C\C(=O)OC(C)C(=O)OCCCC. The molecule has 0 aromatic rings. The zero-order chi connectivity index (χ0) is 19.9. The fourth-order valence-electron chi connectivity index (χ4n) is 1.53. The van der Waals surface area contributed by atoms with Crippen molar-refractivity contribution in [3.05, 3.63) is 12.2 Å². The van der Waals surface area contributed by atoms with Crippen LogP contribution in [0.4, 0.5) is 0 Å². The minimum absolute atomic E-state index is 0.256. The first-order valence-corrected chi connectivity index (χ1v) is 8.74. The van der Waals surface area contributed by atoms with Crippen molar-refractivity contribution in [1.29, 1.82) is 0 Å². The molecule has 0 aliphatic rings. The maximum atomic E-state index is 11.6. The normalized spacial score (nSPS) is 12.9. The molecular weight excluding hydrogens is 344 g/mol. The number of rotatable bonds is 12. The van der Waals surface area contributed by atoms with Crippen molar-refractivity contribution in [2.75, 3.05) is 13.2 Å². The Balaban J connectivity index is 4.23. The van der Waals surface area contributed by atoms with Crippen LogP contribution in [0.2, 0.25) is 0 Å². The number of carbonyl (C=O) groups excluding carboxylic acids is 4. The van der Waals surface area contributed by atoms with Gasteiger partial charge in [-0.1, -0.05) is 26.7 Å². The number of hydrogen-bond acceptors (Lipinski definition) is 8. The van der Waals surface area contributed by atoms with Gasteiger partial charge in [0, 0.05) is 12.2 Å². The van der Waals surface area contributed by atoms with Crippen LogP contribution < -0.4 is 0 Å². The van der Waals surface area contributed by atoms with E-state index in [4.69, 9.17) is 18.9 Å². The molecule has 148 valence electrons. The molecule has 0 rings (SSSR count). The molecule has 2 atom stereocenters. The van der Waals surface area contributed by atoms with Crippen LogP contribution in [0.15, 0.2) is 12.2 Å². The number of carbonyl (C=O) groups is 4. The topological polar surface area (TPSA) is 105 Å². The second-order valence-electron chi connectivity index (χ2n) is 5.53. The Kier molecular flexibility index (Phi) is 12.6. The highest BCUT2D eigenvalue weighted by molar-refractivity contribution is 5.93. The summed E-state index contributed by atoms with van der Waals surface area (Å²) in [5.74, 6) is -3.13. The largest absolute Gasteiger partial charge is 0.463 e. The highest BCUT2D eigenvalue weighted by atomic mass is 16.6. The van der Waals surface area contributed by atoms with Gasteiger partial charge in [0.2, 0.25) is 0 Å². The molecule has 0 aliphatic heterocycles. The predicted octanol–water partition coefficient (Wildman–Crippen LogP) is 2.09. The van der Waals surface area contributed by atoms with Gasteiger partial charge in [0.25, 0.3) is 0 Å². The molecule has 0 radical (unpaired) electrons. The number of unbranched alkanes of at least 4 members (excludes halogenated alkanes) is 2. The fraction of sp³-hybridized carbons (Fsp3) is 0.667. The second-order valence-corrected chi connectivity index (χ2v) is 5.53. The van der Waals surface area contributed by atoms with Crippen molar-refractivity contribution in [3.63, 3.8) is 0 Å². The zero-order valence-electron chi connectivity index (χ0n) is 15.8. The maximum absolute atomic E-state index is 11.6.